The molecule has 0 saturated carbocycles. The van der Waals surface area contributed by atoms with E-state index in [9.17, 15) is 4.79 Å². The van der Waals surface area contributed by atoms with Crippen LogP contribution in [0.2, 0.25) is 5.02 Å². The summed E-state index contributed by atoms with van der Waals surface area (Å²) in [5.74, 6) is 1.15. The number of hydrogen-bond acceptors (Lipinski definition) is 7. The number of carbonyl (C=O) groups is 1. The Kier molecular flexibility index (Phi) is 4.81. The number of pyridine rings is 1. The van der Waals surface area contributed by atoms with Gasteiger partial charge in [0.1, 0.15) is 10.7 Å². The Morgan fingerprint density at radius 3 is 2.47 bits per heavy atom. The minimum absolute atomic E-state index is 0.0166. The molecule has 2 aliphatic rings. The molecule has 5 rings (SSSR count). The molecule has 32 heavy (non-hydrogen) atoms. The van der Waals surface area contributed by atoms with Crippen molar-refractivity contribution in [2.75, 3.05) is 36.4 Å². The number of aromatic nitrogens is 5. The number of likely N-dealkylation sites (tertiary alicyclic amines) is 1. The standard InChI is InChI=1S/C22H25ClN8O/c1-21-11-30(18-16(23)9-25-20(28-18)27-15-8-26-29(3)10-15)12-22(21,2)14-31(13-21)19(32)17-6-4-5-7-24-17/h4-10H,11-14H2,1-3H3,(H,25,27,28)/t21-,22+. The van der Waals surface area contributed by atoms with Crippen molar-refractivity contribution in [1.82, 2.24) is 29.6 Å². The summed E-state index contributed by atoms with van der Waals surface area (Å²) in [4.78, 5) is 30.4. The maximum atomic E-state index is 13.0. The molecule has 2 aliphatic heterocycles. The Morgan fingerprint density at radius 1 is 1.09 bits per heavy atom. The third kappa shape index (κ3) is 3.46. The van der Waals surface area contributed by atoms with E-state index < -0.39 is 0 Å². The predicted octanol–water partition coefficient (Wildman–Crippen LogP) is 2.99. The number of nitrogens with zero attached hydrogens (tertiary/aromatic N) is 7. The van der Waals surface area contributed by atoms with Gasteiger partial charge in [-0.25, -0.2) is 4.98 Å². The molecule has 166 valence electrons. The van der Waals surface area contributed by atoms with E-state index in [0.717, 1.165) is 18.8 Å². The maximum absolute atomic E-state index is 13.0. The summed E-state index contributed by atoms with van der Waals surface area (Å²) < 4.78 is 1.71. The highest BCUT2D eigenvalue weighted by molar-refractivity contribution is 6.32. The molecule has 0 bridgehead atoms. The molecule has 9 nitrogen and oxygen atoms in total. The van der Waals surface area contributed by atoms with Crippen LogP contribution in [0.4, 0.5) is 17.5 Å². The van der Waals surface area contributed by atoms with Gasteiger partial charge < -0.3 is 15.1 Å². The minimum atomic E-state index is -0.0946. The summed E-state index contributed by atoms with van der Waals surface area (Å²) in [5.41, 5.74) is 1.11. The number of carbonyl (C=O) groups excluding carboxylic acids is 1. The van der Waals surface area contributed by atoms with Gasteiger partial charge in [0, 0.05) is 56.5 Å². The van der Waals surface area contributed by atoms with Crippen molar-refractivity contribution in [1.29, 1.82) is 0 Å². The van der Waals surface area contributed by atoms with Gasteiger partial charge in [-0.05, 0) is 12.1 Å². The largest absolute Gasteiger partial charge is 0.354 e. The fraction of sp³-hybridized carbons (Fsp3) is 0.409. The highest BCUT2D eigenvalue weighted by Crippen LogP contribution is 2.53. The van der Waals surface area contributed by atoms with Crippen LogP contribution in [0.3, 0.4) is 0 Å². The molecule has 0 aliphatic carbocycles. The molecular formula is C22H25ClN8O. The molecule has 2 atom stereocenters. The van der Waals surface area contributed by atoms with Crippen molar-refractivity contribution in [3.8, 4) is 0 Å². The smallest absolute Gasteiger partial charge is 0.272 e. The van der Waals surface area contributed by atoms with Gasteiger partial charge in [-0.15, -0.1) is 0 Å². The molecular weight excluding hydrogens is 428 g/mol. The van der Waals surface area contributed by atoms with Crippen molar-refractivity contribution in [3.63, 3.8) is 0 Å². The quantitative estimate of drug-likeness (QED) is 0.650. The monoisotopic (exact) mass is 452 g/mol. The van der Waals surface area contributed by atoms with Gasteiger partial charge in [0.05, 0.1) is 18.1 Å². The molecule has 10 heteroatoms. The molecule has 1 N–H and O–H groups in total. The topological polar surface area (TPSA) is 92.1 Å². The highest BCUT2D eigenvalue weighted by atomic mass is 35.5. The second kappa shape index (κ2) is 7.44. The van der Waals surface area contributed by atoms with Gasteiger partial charge in [0.15, 0.2) is 5.82 Å². The van der Waals surface area contributed by atoms with Crippen molar-refractivity contribution >= 4 is 35.0 Å². The van der Waals surface area contributed by atoms with E-state index in [-0.39, 0.29) is 16.7 Å². The van der Waals surface area contributed by atoms with Crippen LogP contribution in [-0.4, -0.2) is 61.7 Å². The fourth-order valence-electron chi connectivity index (χ4n) is 4.86. The second-order valence-corrected chi connectivity index (χ2v) is 9.65. The molecule has 2 fully saturated rings. The van der Waals surface area contributed by atoms with Crippen molar-refractivity contribution in [2.24, 2.45) is 17.9 Å². The molecule has 0 spiro atoms. The first-order valence-electron chi connectivity index (χ1n) is 10.5. The summed E-state index contributed by atoms with van der Waals surface area (Å²) in [7, 11) is 1.85. The number of anilines is 3. The molecule has 3 aromatic rings. The van der Waals surface area contributed by atoms with Crippen molar-refractivity contribution < 1.29 is 4.79 Å². The number of nitrogens with one attached hydrogen (secondary N) is 1. The van der Waals surface area contributed by atoms with Crippen LogP contribution in [0.1, 0.15) is 24.3 Å². The average molecular weight is 453 g/mol. The number of fused-ring (bicyclic) bond motifs is 1. The predicted molar refractivity (Wildman–Crippen MR) is 122 cm³/mol. The van der Waals surface area contributed by atoms with Crippen LogP contribution in [-0.2, 0) is 7.05 Å². The number of aryl methyl sites for hydroxylation is 1. The SMILES string of the molecule is Cn1cc(Nc2ncc(Cl)c(N3C[C@]4(C)CN(C(=O)c5ccccn5)C[C@]4(C)C3)n2)cn1. The van der Waals surface area contributed by atoms with E-state index in [2.05, 4.69) is 39.1 Å². The van der Waals surface area contributed by atoms with Crippen LogP contribution in [0.5, 0.6) is 0 Å². The van der Waals surface area contributed by atoms with Gasteiger partial charge in [0.2, 0.25) is 5.95 Å². The van der Waals surface area contributed by atoms with Crippen LogP contribution in [0.25, 0.3) is 0 Å². The van der Waals surface area contributed by atoms with Gasteiger partial charge in [-0.2, -0.15) is 10.1 Å². The summed E-state index contributed by atoms with van der Waals surface area (Å²) in [6.07, 6.45) is 6.85. The first-order valence-corrected chi connectivity index (χ1v) is 10.9. The Bertz CT molecular complexity index is 1150. The van der Waals surface area contributed by atoms with E-state index in [1.54, 1.807) is 29.3 Å². The zero-order chi connectivity index (χ0) is 22.5. The first-order chi connectivity index (χ1) is 15.3. The van der Waals surface area contributed by atoms with Gasteiger partial charge in [-0.3, -0.25) is 14.5 Å². The summed E-state index contributed by atoms with van der Waals surface area (Å²) >= 11 is 6.51. The Morgan fingerprint density at radius 2 is 1.84 bits per heavy atom. The lowest BCUT2D eigenvalue weighted by molar-refractivity contribution is 0.0765. The second-order valence-electron chi connectivity index (χ2n) is 9.25. The first kappa shape index (κ1) is 20.7. The summed E-state index contributed by atoms with van der Waals surface area (Å²) in [5, 5.41) is 7.84. The van der Waals surface area contributed by atoms with Crippen LogP contribution in [0.15, 0.2) is 43.0 Å². The van der Waals surface area contributed by atoms with Gasteiger partial charge >= 0.3 is 0 Å². The highest BCUT2D eigenvalue weighted by Gasteiger charge is 2.59. The van der Waals surface area contributed by atoms with Crippen molar-refractivity contribution in [2.45, 2.75) is 13.8 Å². The third-order valence-electron chi connectivity index (χ3n) is 6.77. The Balaban J connectivity index is 1.35. The summed E-state index contributed by atoms with van der Waals surface area (Å²) in [6.45, 7) is 7.31. The number of amides is 1. The lowest BCUT2D eigenvalue weighted by atomic mass is 9.71. The number of rotatable bonds is 4. The molecule has 0 aromatic carbocycles. The van der Waals surface area contributed by atoms with E-state index in [4.69, 9.17) is 16.6 Å². The van der Waals surface area contributed by atoms with Crippen LogP contribution >= 0.6 is 11.6 Å². The molecule has 0 radical (unpaired) electrons. The molecule has 2 saturated heterocycles. The Labute approximate surface area is 191 Å². The lowest BCUT2D eigenvalue weighted by Gasteiger charge is -2.29. The lowest BCUT2D eigenvalue weighted by Crippen LogP contribution is -2.36. The molecule has 1 amide bonds. The molecule has 3 aromatic heterocycles. The van der Waals surface area contributed by atoms with Crippen molar-refractivity contribution in [3.05, 3.63) is 53.7 Å². The zero-order valence-electron chi connectivity index (χ0n) is 18.3. The van der Waals surface area contributed by atoms with Gasteiger partial charge in [-0.1, -0.05) is 31.5 Å². The van der Waals surface area contributed by atoms with Gasteiger partial charge in [0.25, 0.3) is 5.91 Å². The van der Waals surface area contributed by atoms with E-state index in [1.165, 1.54) is 0 Å². The minimum Gasteiger partial charge on any atom is -0.354 e. The fourth-order valence-corrected chi connectivity index (χ4v) is 5.07. The van der Waals surface area contributed by atoms with E-state index in [1.807, 2.05) is 30.3 Å². The maximum Gasteiger partial charge on any atom is 0.272 e. The van der Waals surface area contributed by atoms with Crippen LogP contribution < -0.4 is 10.2 Å². The normalized spacial score (nSPS) is 24.6. The summed E-state index contributed by atoms with van der Waals surface area (Å²) in [6, 6.07) is 5.43. The number of halogens is 1. The van der Waals surface area contributed by atoms with E-state index >= 15 is 0 Å². The zero-order valence-corrected chi connectivity index (χ0v) is 19.0. The number of hydrogen-bond donors (Lipinski definition) is 1. The van der Waals surface area contributed by atoms with Crippen LogP contribution in [0, 0.1) is 10.8 Å². The Hall–Kier alpha value is -3.20. The van der Waals surface area contributed by atoms with E-state index in [0.29, 0.717) is 35.6 Å². The third-order valence-corrected chi connectivity index (χ3v) is 7.04. The average Bonchev–Trinajstić information content (AvgIpc) is 3.36. The molecule has 0 unspecified atom stereocenters. The molecule has 5 heterocycles.